The average Bonchev–Trinajstić information content (AvgIpc) is 1.84. The van der Waals surface area contributed by atoms with E-state index in [1.54, 1.807) is 0 Å². The zero-order chi connectivity index (χ0) is 6.57. The van der Waals surface area contributed by atoms with Gasteiger partial charge < -0.3 is 17.1 Å². The number of carbonyl (C=O) groups excluding carboxylic acids is 1. The van der Waals surface area contributed by atoms with Crippen LogP contribution in [0.2, 0.25) is 0 Å². The van der Waals surface area contributed by atoms with E-state index >= 15 is 0 Å². The van der Waals surface area contributed by atoms with Gasteiger partial charge in [-0.05, 0) is 6.42 Å². The van der Waals surface area contributed by atoms with Crippen molar-refractivity contribution in [2.75, 3.05) is 7.11 Å². The minimum absolute atomic E-state index is 0. The molecule has 0 amide bonds. The molecule has 0 aliphatic heterocycles. The number of hydrogen-bond donors (Lipinski definition) is 0. The van der Waals surface area contributed by atoms with Gasteiger partial charge in [0.05, 0.1) is 7.11 Å². The molecule has 0 saturated heterocycles. The maximum Gasteiger partial charge on any atom is 0.333 e. The van der Waals surface area contributed by atoms with Gasteiger partial charge in [0, 0.05) is 5.57 Å². The molecule has 0 atom stereocenters. The SMILES string of the molecule is C=C(CC)C(=O)OC.[Cl-]. The van der Waals surface area contributed by atoms with Gasteiger partial charge in [-0.2, -0.15) is 0 Å². The minimum Gasteiger partial charge on any atom is -1.00 e. The van der Waals surface area contributed by atoms with Gasteiger partial charge in [-0.3, -0.25) is 0 Å². The van der Waals surface area contributed by atoms with Crippen molar-refractivity contribution >= 4 is 5.97 Å². The Morgan fingerprint density at radius 3 is 2.22 bits per heavy atom. The topological polar surface area (TPSA) is 26.3 Å². The highest BCUT2D eigenvalue weighted by molar-refractivity contribution is 5.87. The second kappa shape index (κ2) is 5.63. The van der Waals surface area contributed by atoms with E-state index in [0.29, 0.717) is 12.0 Å². The lowest BCUT2D eigenvalue weighted by Crippen LogP contribution is -3.00. The van der Waals surface area contributed by atoms with Crippen molar-refractivity contribution in [1.29, 1.82) is 0 Å². The monoisotopic (exact) mass is 149 g/mol. The average molecular weight is 150 g/mol. The lowest BCUT2D eigenvalue weighted by Gasteiger charge is -1.95. The summed E-state index contributed by atoms with van der Waals surface area (Å²) in [6.07, 6.45) is 0.659. The van der Waals surface area contributed by atoms with Crippen molar-refractivity contribution in [3.63, 3.8) is 0 Å². The zero-order valence-electron chi connectivity index (χ0n) is 5.61. The molecule has 54 valence electrons. The molecule has 0 rings (SSSR count). The lowest BCUT2D eigenvalue weighted by molar-refractivity contribution is -0.136. The third-order valence-corrected chi connectivity index (χ3v) is 0.901. The Morgan fingerprint density at radius 2 is 2.11 bits per heavy atom. The first kappa shape index (κ1) is 11.3. The molecule has 0 radical (unpaired) electrons. The van der Waals surface area contributed by atoms with Crippen LogP contribution < -0.4 is 12.4 Å². The van der Waals surface area contributed by atoms with Gasteiger partial charge in [-0.25, -0.2) is 4.79 Å². The van der Waals surface area contributed by atoms with Gasteiger partial charge in [-0.15, -0.1) is 0 Å². The molecule has 0 saturated carbocycles. The number of carbonyl (C=O) groups is 1. The van der Waals surface area contributed by atoms with E-state index in [1.807, 2.05) is 6.92 Å². The summed E-state index contributed by atoms with van der Waals surface area (Å²) in [6.45, 7) is 5.33. The van der Waals surface area contributed by atoms with Crippen LogP contribution in [-0.4, -0.2) is 13.1 Å². The van der Waals surface area contributed by atoms with Gasteiger partial charge >= 0.3 is 5.97 Å². The van der Waals surface area contributed by atoms with Crippen LogP contribution in [0.25, 0.3) is 0 Å². The molecule has 0 aromatic heterocycles. The smallest absolute Gasteiger partial charge is 0.333 e. The normalized spacial score (nSPS) is 7.33. The summed E-state index contributed by atoms with van der Waals surface area (Å²) in [4.78, 5) is 10.4. The molecular weight excluding hydrogens is 140 g/mol. The molecule has 9 heavy (non-hydrogen) atoms. The number of rotatable bonds is 2. The Labute approximate surface area is 61.3 Å². The van der Waals surface area contributed by atoms with Gasteiger partial charge in [0.25, 0.3) is 0 Å². The fourth-order valence-corrected chi connectivity index (χ4v) is 0.289. The maximum atomic E-state index is 10.4. The van der Waals surface area contributed by atoms with Crippen LogP contribution in [0.15, 0.2) is 12.2 Å². The van der Waals surface area contributed by atoms with Crippen molar-refractivity contribution in [1.82, 2.24) is 0 Å². The van der Waals surface area contributed by atoms with E-state index in [1.165, 1.54) is 7.11 Å². The van der Waals surface area contributed by atoms with Crippen molar-refractivity contribution < 1.29 is 21.9 Å². The summed E-state index contributed by atoms with van der Waals surface area (Å²) in [5.41, 5.74) is 0.521. The molecule has 0 spiro atoms. The van der Waals surface area contributed by atoms with Gasteiger partial charge in [0.1, 0.15) is 0 Å². The fourth-order valence-electron chi connectivity index (χ4n) is 0.289. The van der Waals surface area contributed by atoms with Crippen molar-refractivity contribution in [3.05, 3.63) is 12.2 Å². The highest BCUT2D eigenvalue weighted by Gasteiger charge is 2.00. The van der Waals surface area contributed by atoms with Crippen molar-refractivity contribution in [3.8, 4) is 0 Å². The predicted molar refractivity (Wildman–Crippen MR) is 31.4 cm³/mol. The molecule has 0 N–H and O–H groups in total. The van der Waals surface area contributed by atoms with Crippen molar-refractivity contribution in [2.24, 2.45) is 0 Å². The molecule has 0 aromatic rings. The second-order valence-corrected chi connectivity index (χ2v) is 1.45. The third kappa shape index (κ3) is 4.03. The van der Waals surface area contributed by atoms with Crippen LogP contribution in [0.5, 0.6) is 0 Å². The highest BCUT2D eigenvalue weighted by Crippen LogP contribution is 1.96. The minimum atomic E-state index is -0.312. The Kier molecular flexibility index (Phi) is 7.08. The van der Waals surface area contributed by atoms with E-state index < -0.39 is 0 Å². The molecule has 0 aliphatic rings. The van der Waals surface area contributed by atoms with E-state index in [0.717, 1.165) is 0 Å². The summed E-state index contributed by atoms with van der Waals surface area (Å²) in [5.74, 6) is -0.312. The number of esters is 1. The van der Waals surface area contributed by atoms with Gasteiger partial charge in [0.2, 0.25) is 0 Å². The molecular formula is C6H10ClO2-. The Morgan fingerprint density at radius 1 is 1.67 bits per heavy atom. The van der Waals surface area contributed by atoms with E-state index in [2.05, 4.69) is 11.3 Å². The first-order valence-corrected chi connectivity index (χ1v) is 2.48. The molecule has 0 aromatic carbocycles. The summed E-state index contributed by atoms with van der Waals surface area (Å²) in [5, 5.41) is 0. The molecule has 0 fully saturated rings. The lowest BCUT2D eigenvalue weighted by atomic mass is 10.2. The zero-order valence-corrected chi connectivity index (χ0v) is 6.36. The van der Waals surface area contributed by atoms with Gasteiger partial charge in [-0.1, -0.05) is 13.5 Å². The number of halogens is 1. The largest absolute Gasteiger partial charge is 1.00 e. The summed E-state index contributed by atoms with van der Waals surface area (Å²) in [7, 11) is 1.35. The fraction of sp³-hybridized carbons (Fsp3) is 0.500. The Hall–Kier alpha value is -0.500. The molecule has 0 bridgehead atoms. The summed E-state index contributed by atoms with van der Waals surface area (Å²) >= 11 is 0. The van der Waals surface area contributed by atoms with E-state index in [4.69, 9.17) is 0 Å². The van der Waals surface area contributed by atoms with Crippen LogP contribution in [0.1, 0.15) is 13.3 Å². The number of methoxy groups -OCH3 is 1. The first-order valence-electron chi connectivity index (χ1n) is 2.48. The van der Waals surface area contributed by atoms with Gasteiger partial charge in [0.15, 0.2) is 0 Å². The van der Waals surface area contributed by atoms with Crippen LogP contribution in [0.4, 0.5) is 0 Å². The Bertz CT molecular complexity index is 95.6. The molecule has 0 unspecified atom stereocenters. The molecule has 0 heterocycles. The van der Waals surface area contributed by atoms with E-state index in [9.17, 15) is 4.79 Å². The van der Waals surface area contributed by atoms with Crippen LogP contribution in [0.3, 0.4) is 0 Å². The number of ether oxygens (including phenoxy) is 1. The summed E-state index contributed by atoms with van der Waals surface area (Å²) in [6, 6.07) is 0. The quantitative estimate of drug-likeness (QED) is 0.340. The van der Waals surface area contributed by atoms with E-state index in [-0.39, 0.29) is 18.4 Å². The summed E-state index contributed by atoms with van der Waals surface area (Å²) < 4.78 is 4.36. The second-order valence-electron chi connectivity index (χ2n) is 1.45. The number of hydrogen-bond acceptors (Lipinski definition) is 2. The predicted octanol–water partition coefficient (Wildman–Crippen LogP) is -1.87. The molecule has 0 aliphatic carbocycles. The molecule has 2 nitrogen and oxygen atoms in total. The van der Waals surface area contributed by atoms with Crippen LogP contribution in [-0.2, 0) is 9.53 Å². The first-order chi connectivity index (χ1) is 3.72. The third-order valence-electron chi connectivity index (χ3n) is 0.901. The maximum absolute atomic E-state index is 10.4. The van der Waals surface area contributed by atoms with Crippen molar-refractivity contribution in [2.45, 2.75) is 13.3 Å². The highest BCUT2D eigenvalue weighted by atomic mass is 35.5. The standard InChI is InChI=1S/C6H10O2.ClH/c1-4-5(2)6(7)8-3;/h2,4H2,1,3H3;1H/p-1. The Balaban J connectivity index is 0. The van der Waals surface area contributed by atoms with Crippen LogP contribution in [0, 0.1) is 0 Å². The van der Waals surface area contributed by atoms with Crippen LogP contribution >= 0.6 is 0 Å². The molecule has 3 heteroatoms.